The van der Waals surface area contributed by atoms with Crippen molar-refractivity contribution in [3.8, 4) is 17.2 Å². The molecule has 8 bridgehead atoms. The smallest absolute Gasteiger partial charge is 0.127 e. The lowest BCUT2D eigenvalue weighted by Crippen LogP contribution is -2.10. The number of aryl methyl sites for hydroxylation is 1. The first-order valence-corrected chi connectivity index (χ1v) is 26.4. The highest BCUT2D eigenvalue weighted by Gasteiger charge is 2.23. The molecule has 0 saturated carbocycles. The molecule has 0 saturated heterocycles. The van der Waals surface area contributed by atoms with Crippen molar-refractivity contribution >= 4 is 23.8 Å². The van der Waals surface area contributed by atoms with Gasteiger partial charge in [-0.15, -0.1) is 0 Å². The van der Waals surface area contributed by atoms with Crippen LogP contribution in [0.5, 0.6) is 17.2 Å². The van der Waals surface area contributed by atoms with Crippen molar-refractivity contribution in [2.45, 2.75) is 58.3 Å². The predicted octanol–water partition coefficient (Wildman–Crippen LogP) is 16.4. The lowest BCUT2D eigenvalue weighted by Gasteiger charge is -2.23. The van der Waals surface area contributed by atoms with Crippen molar-refractivity contribution in [1.29, 1.82) is 0 Å². The Balaban J connectivity index is 1.13. The molecule has 11 rings (SSSR count). The molecule has 1 aliphatic carbocycles. The van der Waals surface area contributed by atoms with Crippen molar-refractivity contribution < 1.29 is 14.2 Å². The fourth-order valence-electron chi connectivity index (χ4n) is 10.3. The molecule has 0 spiro atoms. The van der Waals surface area contributed by atoms with E-state index in [0.717, 1.165) is 103 Å². The number of hydrogen-bond acceptors (Lipinski definition) is 5. The average Bonchev–Trinajstić information content (AvgIpc) is 3.47. The molecular weight excluding hydrogens is 929 g/mol. The van der Waals surface area contributed by atoms with E-state index in [9.17, 15) is 0 Å². The van der Waals surface area contributed by atoms with Gasteiger partial charge in [0, 0.05) is 60.4 Å². The standard InChI is InChI=1S/C71H60N2O3/c1-7-21-52(22-8-1)37-38-68-58-33-19-34-59(68)40-63-44-67(73-48-54-25-11-3-12-26-54)46-65(71(63)76-51-57-31-17-6-18-32-57)42-61-36-20-35-60(69(61)74-49-55-27-13-4-14-28-55)41-64-45-66(72-47-53-23-9-2-10-24-53)43-62(39-58)70(64)75-50-56-29-15-5-16-30-56/h1-36,43-48H,37-42,49-51H2. The molecule has 5 heteroatoms. The van der Waals surface area contributed by atoms with Crippen LogP contribution in [0, 0.1) is 0 Å². The first kappa shape index (κ1) is 49.2. The summed E-state index contributed by atoms with van der Waals surface area (Å²) in [6, 6.07) is 85.1. The maximum absolute atomic E-state index is 7.16. The molecule has 5 nitrogen and oxygen atoms in total. The quantitative estimate of drug-likeness (QED) is 0.0907. The summed E-state index contributed by atoms with van der Waals surface area (Å²) in [6.45, 7) is 1.24. The second-order valence-corrected chi connectivity index (χ2v) is 19.5. The molecule has 0 aliphatic heterocycles. The minimum Gasteiger partial charge on any atom is -0.488 e. The molecule has 0 atom stereocenters. The zero-order valence-electron chi connectivity index (χ0n) is 42.7. The predicted molar refractivity (Wildman–Crippen MR) is 311 cm³/mol. The van der Waals surface area contributed by atoms with E-state index in [0.29, 0.717) is 45.5 Å². The second-order valence-electron chi connectivity index (χ2n) is 19.5. The van der Waals surface area contributed by atoms with Gasteiger partial charge in [-0.3, -0.25) is 9.98 Å². The van der Waals surface area contributed by atoms with E-state index in [1.54, 1.807) is 0 Å². The molecule has 76 heavy (non-hydrogen) atoms. The highest BCUT2D eigenvalue weighted by molar-refractivity contribution is 5.83. The van der Waals surface area contributed by atoms with E-state index < -0.39 is 0 Å². The Morgan fingerprint density at radius 3 is 0.961 bits per heavy atom. The van der Waals surface area contributed by atoms with Crippen molar-refractivity contribution in [1.82, 2.24) is 0 Å². The van der Waals surface area contributed by atoms with Crippen LogP contribution >= 0.6 is 0 Å². The van der Waals surface area contributed by atoms with Crippen LogP contribution in [-0.2, 0) is 58.3 Å². The third-order valence-corrected chi connectivity index (χ3v) is 14.0. The molecule has 372 valence electrons. The van der Waals surface area contributed by atoms with Crippen LogP contribution in [0.2, 0.25) is 0 Å². The SMILES string of the molecule is C(=Nc1cc2c(OCc3ccccc3)c(c1)Cc1cccc(c1OCc1ccccc1)Cc1cc(N=Cc3ccccc3)cc(c1OCc1ccccc1)Cc1cccc(c1CCc1ccccc1)C2)c1ccccc1. The van der Waals surface area contributed by atoms with E-state index in [4.69, 9.17) is 24.2 Å². The van der Waals surface area contributed by atoms with Crippen molar-refractivity contribution in [3.63, 3.8) is 0 Å². The number of aliphatic imine (C=N–C) groups is 2. The molecule has 0 unspecified atom stereocenters. The van der Waals surface area contributed by atoms with Gasteiger partial charge in [0.15, 0.2) is 0 Å². The normalized spacial score (nSPS) is 12.2. The van der Waals surface area contributed by atoms with Crippen LogP contribution in [0.15, 0.2) is 253 Å². The molecule has 0 aromatic heterocycles. The third-order valence-electron chi connectivity index (χ3n) is 14.0. The maximum atomic E-state index is 7.16. The summed E-state index contributed by atoms with van der Waals surface area (Å²) in [4.78, 5) is 10.4. The van der Waals surface area contributed by atoms with Gasteiger partial charge in [-0.1, -0.05) is 218 Å². The summed E-state index contributed by atoms with van der Waals surface area (Å²) in [5.74, 6) is 2.58. The molecule has 10 aromatic carbocycles. The Kier molecular flexibility index (Phi) is 15.7. The van der Waals surface area contributed by atoms with Gasteiger partial charge in [-0.2, -0.15) is 0 Å². The summed E-state index contributed by atoms with van der Waals surface area (Å²) in [7, 11) is 0. The molecule has 0 amide bonds. The summed E-state index contributed by atoms with van der Waals surface area (Å²) in [6.07, 6.45) is 7.99. The summed E-state index contributed by atoms with van der Waals surface area (Å²) in [5.41, 5.74) is 18.6. The van der Waals surface area contributed by atoms with Gasteiger partial charge in [0.2, 0.25) is 0 Å². The van der Waals surface area contributed by atoms with Crippen LogP contribution in [0.4, 0.5) is 11.4 Å². The second kappa shape index (κ2) is 24.3. The molecule has 0 fully saturated rings. The Morgan fingerprint density at radius 1 is 0.289 bits per heavy atom. The number of ether oxygens (including phenoxy) is 3. The molecule has 0 radical (unpaired) electrons. The van der Waals surface area contributed by atoms with Crippen LogP contribution in [-0.4, -0.2) is 12.4 Å². The van der Waals surface area contributed by atoms with E-state index in [1.165, 1.54) is 22.3 Å². The zero-order chi connectivity index (χ0) is 51.1. The highest BCUT2D eigenvalue weighted by Crippen LogP contribution is 2.41. The number of rotatable bonds is 16. The van der Waals surface area contributed by atoms with Crippen LogP contribution in [0.3, 0.4) is 0 Å². The van der Waals surface area contributed by atoms with Gasteiger partial charge in [0.25, 0.3) is 0 Å². The third kappa shape index (κ3) is 12.6. The minimum absolute atomic E-state index is 0.402. The Morgan fingerprint density at radius 2 is 0.592 bits per heavy atom. The van der Waals surface area contributed by atoms with Crippen LogP contribution in [0.25, 0.3) is 0 Å². The molecule has 0 N–H and O–H groups in total. The lowest BCUT2D eigenvalue weighted by atomic mass is 9.86. The van der Waals surface area contributed by atoms with E-state index in [1.807, 2.05) is 30.6 Å². The fourth-order valence-corrected chi connectivity index (χ4v) is 10.3. The fraction of sp³-hybridized carbons (Fsp3) is 0.127. The average molecular weight is 989 g/mol. The largest absolute Gasteiger partial charge is 0.488 e. The van der Waals surface area contributed by atoms with Crippen LogP contribution < -0.4 is 14.2 Å². The Bertz CT molecular complexity index is 3230. The van der Waals surface area contributed by atoms with Gasteiger partial charge >= 0.3 is 0 Å². The number of benzene rings is 10. The Labute approximate surface area is 447 Å². The minimum atomic E-state index is 0.402. The van der Waals surface area contributed by atoms with E-state index in [2.05, 4.69) is 224 Å². The highest BCUT2D eigenvalue weighted by atomic mass is 16.5. The lowest BCUT2D eigenvalue weighted by molar-refractivity contribution is 0.295. The number of para-hydroxylation sites is 1. The summed E-state index contributed by atoms with van der Waals surface area (Å²) in [5, 5.41) is 0. The number of fused-ring (bicyclic) bond motifs is 8. The van der Waals surface area contributed by atoms with Gasteiger partial charge in [0.1, 0.15) is 37.1 Å². The zero-order valence-corrected chi connectivity index (χ0v) is 42.7. The van der Waals surface area contributed by atoms with Crippen molar-refractivity contribution in [2.75, 3.05) is 0 Å². The van der Waals surface area contributed by atoms with E-state index >= 15 is 0 Å². The monoisotopic (exact) mass is 988 g/mol. The summed E-state index contributed by atoms with van der Waals surface area (Å²) >= 11 is 0. The topological polar surface area (TPSA) is 52.4 Å². The molecular formula is C71H60N2O3. The van der Waals surface area contributed by atoms with Crippen LogP contribution in [0.1, 0.15) is 83.5 Å². The molecule has 10 aromatic rings. The molecule has 1 aliphatic rings. The van der Waals surface area contributed by atoms with E-state index in [-0.39, 0.29) is 0 Å². The van der Waals surface area contributed by atoms with Gasteiger partial charge in [-0.05, 0) is 98.3 Å². The van der Waals surface area contributed by atoms with Crippen molar-refractivity contribution in [2.24, 2.45) is 9.98 Å². The molecule has 0 heterocycles. The first-order chi connectivity index (χ1) is 37.6. The number of nitrogens with zero attached hydrogens (tertiary/aromatic N) is 2. The first-order valence-electron chi connectivity index (χ1n) is 26.4. The van der Waals surface area contributed by atoms with Gasteiger partial charge in [0.05, 0.1) is 11.4 Å². The maximum Gasteiger partial charge on any atom is 0.127 e. The number of hydrogen-bond donors (Lipinski definition) is 0. The van der Waals surface area contributed by atoms with Gasteiger partial charge < -0.3 is 14.2 Å². The summed E-state index contributed by atoms with van der Waals surface area (Å²) < 4.78 is 21.4. The Hall–Kier alpha value is -9.06. The van der Waals surface area contributed by atoms with Gasteiger partial charge in [-0.25, -0.2) is 0 Å². The van der Waals surface area contributed by atoms with Crippen molar-refractivity contribution in [3.05, 3.63) is 326 Å².